The molecular weight excluding hydrogens is 352 g/mol. The molecule has 1 aromatic heterocycles. The summed E-state index contributed by atoms with van der Waals surface area (Å²) in [4.78, 5) is 35.6. The first-order valence-corrected chi connectivity index (χ1v) is 8.94. The average Bonchev–Trinajstić information content (AvgIpc) is 2.66. The molecule has 0 amide bonds. The summed E-state index contributed by atoms with van der Waals surface area (Å²) in [5, 5.41) is 1.80. The highest BCUT2D eigenvalue weighted by molar-refractivity contribution is 5.94. The van der Waals surface area contributed by atoms with Crippen LogP contribution < -0.4 is 11.2 Å². The van der Waals surface area contributed by atoms with Crippen LogP contribution in [0.15, 0.2) is 64.2 Å². The quantitative estimate of drug-likeness (QED) is 0.460. The number of pyridine rings is 2. The third kappa shape index (κ3) is 2.50. The summed E-state index contributed by atoms with van der Waals surface area (Å²) in [6.07, 6.45) is 0. The molecule has 0 atom stereocenters. The summed E-state index contributed by atoms with van der Waals surface area (Å²) in [6.45, 7) is 4.03. The number of fused-ring (bicyclic) bond motifs is 3. The van der Waals surface area contributed by atoms with E-state index in [0.717, 1.165) is 33.1 Å². The van der Waals surface area contributed by atoms with E-state index in [1.54, 1.807) is 10.6 Å². The second-order valence-electron chi connectivity index (χ2n) is 7.02. The predicted molar refractivity (Wildman–Crippen MR) is 109 cm³/mol. The molecular formula is C22H16N4O2. The standard InChI is InChI=1S/C22H16N4O2/c1-12-3-6-16(7-4-12)26-19-15(10-14-9-13(2)5-8-18(14)23-19)11-17-20(26)24-22(28)25-21(17)27/h3-11H,1-2H3,(H,25,27,28). The van der Waals surface area contributed by atoms with Gasteiger partial charge in [-0.05, 0) is 50.2 Å². The molecule has 5 rings (SSSR count). The molecule has 0 aliphatic carbocycles. The molecule has 0 spiro atoms. The number of hydrogen-bond acceptors (Lipinski definition) is 4. The Hall–Kier alpha value is -3.80. The number of aryl methyl sites for hydroxylation is 2. The molecule has 0 saturated carbocycles. The van der Waals surface area contributed by atoms with Gasteiger partial charge in [0.05, 0.1) is 11.1 Å². The number of benzene rings is 2. The van der Waals surface area contributed by atoms with Crippen LogP contribution in [0.1, 0.15) is 11.1 Å². The van der Waals surface area contributed by atoms with Gasteiger partial charge in [0.15, 0.2) is 5.82 Å². The van der Waals surface area contributed by atoms with E-state index >= 15 is 0 Å². The van der Waals surface area contributed by atoms with Crippen molar-refractivity contribution in [3.63, 3.8) is 0 Å². The molecule has 0 saturated heterocycles. The lowest BCUT2D eigenvalue weighted by Crippen LogP contribution is -2.27. The molecule has 2 aromatic carbocycles. The van der Waals surface area contributed by atoms with Crippen LogP contribution in [-0.4, -0.2) is 19.5 Å². The first-order valence-electron chi connectivity index (χ1n) is 8.94. The molecule has 0 bridgehead atoms. The zero-order chi connectivity index (χ0) is 19.4. The molecule has 2 aliphatic rings. The topological polar surface area (TPSA) is 80.6 Å². The Morgan fingerprint density at radius 2 is 1.57 bits per heavy atom. The van der Waals surface area contributed by atoms with Crippen molar-refractivity contribution in [2.75, 3.05) is 0 Å². The minimum atomic E-state index is -0.672. The fraction of sp³-hybridized carbons (Fsp3) is 0.0909. The van der Waals surface area contributed by atoms with E-state index in [0.29, 0.717) is 17.0 Å². The van der Waals surface area contributed by atoms with E-state index in [9.17, 15) is 9.59 Å². The normalized spacial score (nSPS) is 11.5. The Bertz CT molecular complexity index is 1460. The molecule has 3 aromatic rings. The lowest BCUT2D eigenvalue weighted by molar-refractivity contribution is 0.951. The molecule has 1 N–H and O–H groups in total. The third-order valence-corrected chi connectivity index (χ3v) is 4.91. The van der Waals surface area contributed by atoms with Crippen molar-refractivity contribution in [3.05, 3.63) is 86.6 Å². The van der Waals surface area contributed by atoms with Gasteiger partial charge in [0.2, 0.25) is 0 Å². The van der Waals surface area contributed by atoms with Gasteiger partial charge in [-0.3, -0.25) is 14.3 Å². The monoisotopic (exact) mass is 368 g/mol. The molecule has 6 heteroatoms. The van der Waals surface area contributed by atoms with Gasteiger partial charge in [-0.15, -0.1) is 0 Å². The molecule has 3 heterocycles. The average molecular weight is 368 g/mol. The number of H-pyrrole nitrogens is 1. The summed E-state index contributed by atoms with van der Waals surface area (Å²) in [5.41, 5.74) is 3.74. The van der Waals surface area contributed by atoms with Crippen molar-refractivity contribution in [1.82, 2.24) is 19.5 Å². The largest absolute Gasteiger partial charge is 0.349 e. The van der Waals surface area contributed by atoms with Crippen molar-refractivity contribution >= 4 is 21.9 Å². The van der Waals surface area contributed by atoms with Gasteiger partial charge in [-0.2, -0.15) is 4.98 Å². The maximum atomic E-state index is 12.5. The second kappa shape index (κ2) is 5.85. The van der Waals surface area contributed by atoms with Crippen molar-refractivity contribution in [1.29, 1.82) is 0 Å². The van der Waals surface area contributed by atoms with Crippen LogP contribution in [-0.2, 0) is 0 Å². The SMILES string of the molecule is Cc1ccc(-n2c3nc(=O)[nH]c(=O)c-3cc3cc4cc(C)ccc4nc32)cc1. The Morgan fingerprint density at radius 1 is 0.821 bits per heavy atom. The van der Waals surface area contributed by atoms with E-state index in [1.165, 1.54) is 0 Å². The Morgan fingerprint density at radius 3 is 2.36 bits per heavy atom. The fourth-order valence-electron chi connectivity index (χ4n) is 3.53. The molecule has 0 fully saturated rings. The number of rotatable bonds is 1. The Kier molecular flexibility index (Phi) is 3.42. The van der Waals surface area contributed by atoms with Crippen LogP contribution in [0, 0.1) is 13.8 Å². The molecule has 6 nitrogen and oxygen atoms in total. The van der Waals surface area contributed by atoms with Gasteiger partial charge in [-0.1, -0.05) is 29.3 Å². The highest BCUT2D eigenvalue weighted by Crippen LogP contribution is 2.29. The number of hydrogen-bond donors (Lipinski definition) is 1. The number of nitrogens with one attached hydrogen (secondary N) is 1. The van der Waals surface area contributed by atoms with Crippen molar-refractivity contribution in [3.8, 4) is 17.1 Å². The van der Waals surface area contributed by atoms with Gasteiger partial charge < -0.3 is 0 Å². The Balaban J connectivity index is 2.02. The van der Waals surface area contributed by atoms with E-state index in [-0.39, 0.29) is 0 Å². The maximum Gasteiger partial charge on any atom is 0.349 e. The van der Waals surface area contributed by atoms with E-state index in [1.807, 2.05) is 56.3 Å². The van der Waals surface area contributed by atoms with Crippen LogP contribution >= 0.6 is 0 Å². The third-order valence-electron chi connectivity index (χ3n) is 4.91. The predicted octanol–water partition coefficient (Wildman–Crippen LogP) is 3.34. The second-order valence-corrected chi connectivity index (χ2v) is 7.02. The van der Waals surface area contributed by atoms with Gasteiger partial charge in [-0.25, -0.2) is 9.78 Å². The molecule has 2 aliphatic heterocycles. The summed E-state index contributed by atoms with van der Waals surface area (Å²) in [7, 11) is 0. The number of nitrogens with zero attached hydrogens (tertiary/aromatic N) is 3. The van der Waals surface area contributed by atoms with Crippen LogP contribution in [0.4, 0.5) is 0 Å². The zero-order valence-electron chi connectivity index (χ0n) is 15.4. The number of aromatic amines is 1. The smallest absolute Gasteiger partial charge is 0.278 e. The zero-order valence-corrected chi connectivity index (χ0v) is 15.4. The van der Waals surface area contributed by atoms with Gasteiger partial charge in [0.1, 0.15) is 5.65 Å². The molecule has 0 unspecified atom stereocenters. The van der Waals surface area contributed by atoms with Crippen molar-refractivity contribution in [2.24, 2.45) is 0 Å². The molecule has 0 radical (unpaired) electrons. The minimum absolute atomic E-state index is 0.295. The van der Waals surface area contributed by atoms with E-state index in [2.05, 4.69) is 16.0 Å². The van der Waals surface area contributed by atoms with Crippen LogP contribution in [0.5, 0.6) is 0 Å². The van der Waals surface area contributed by atoms with Gasteiger partial charge >= 0.3 is 5.69 Å². The van der Waals surface area contributed by atoms with E-state index in [4.69, 9.17) is 4.98 Å². The highest BCUT2D eigenvalue weighted by atomic mass is 16.2. The summed E-state index contributed by atoms with van der Waals surface area (Å²) >= 11 is 0. The van der Waals surface area contributed by atoms with Crippen molar-refractivity contribution < 1.29 is 0 Å². The highest BCUT2D eigenvalue weighted by Gasteiger charge is 2.19. The van der Waals surface area contributed by atoms with Crippen LogP contribution in [0.2, 0.25) is 0 Å². The Labute approximate surface area is 159 Å². The first kappa shape index (κ1) is 16.4. The van der Waals surface area contributed by atoms with Crippen molar-refractivity contribution in [2.45, 2.75) is 13.8 Å². The minimum Gasteiger partial charge on any atom is -0.278 e. The first-order chi connectivity index (χ1) is 13.5. The van der Waals surface area contributed by atoms with Gasteiger partial charge in [0, 0.05) is 16.5 Å². The summed E-state index contributed by atoms with van der Waals surface area (Å²) < 4.78 is 1.78. The maximum absolute atomic E-state index is 12.5. The number of aromatic nitrogens is 4. The van der Waals surface area contributed by atoms with Crippen LogP contribution in [0.25, 0.3) is 39.0 Å². The lowest BCUT2D eigenvalue weighted by atomic mass is 10.1. The lowest BCUT2D eigenvalue weighted by Gasteiger charge is -2.17. The fourth-order valence-corrected chi connectivity index (χ4v) is 3.53. The molecule has 136 valence electrons. The van der Waals surface area contributed by atoms with Gasteiger partial charge in [0.25, 0.3) is 5.56 Å². The summed E-state index contributed by atoms with van der Waals surface area (Å²) in [6, 6.07) is 17.6. The van der Waals surface area contributed by atoms with Crippen LogP contribution in [0.3, 0.4) is 0 Å². The molecule has 28 heavy (non-hydrogen) atoms. The summed E-state index contributed by atoms with van der Waals surface area (Å²) in [5.74, 6) is 0.295. The van der Waals surface area contributed by atoms with E-state index < -0.39 is 11.2 Å².